The van der Waals surface area contributed by atoms with Crippen molar-refractivity contribution in [3.8, 4) is 11.3 Å². The Hall–Kier alpha value is -3.33. The molecule has 40 heavy (non-hydrogen) atoms. The summed E-state index contributed by atoms with van der Waals surface area (Å²) in [5.74, 6) is -4.81. The maximum atomic E-state index is 14.0. The van der Waals surface area contributed by atoms with Gasteiger partial charge in [0.1, 0.15) is 24.0 Å². The van der Waals surface area contributed by atoms with E-state index in [2.05, 4.69) is 15.4 Å². The number of rotatable bonds is 7. The first-order chi connectivity index (χ1) is 19.2. The monoisotopic (exact) mass is 564 g/mol. The van der Waals surface area contributed by atoms with Crippen molar-refractivity contribution >= 4 is 5.91 Å². The molecule has 5 rings (SSSR count). The molecule has 11 nitrogen and oxygen atoms in total. The quantitative estimate of drug-likeness (QED) is 0.367. The Morgan fingerprint density at radius 1 is 1.18 bits per heavy atom. The summed E-state index contributed by atoms with van der Waals surface area (Å²) in [6.07, 6.45) is 1.45. The number of aliphatic hydroxyl groups excluding tert-OH is 3. The van der Waals surface area contributed by atoms with E-state index in [-0.39, 0.29) is 24.2 Å². The molecule has 3 N–H and O–H groups in total. The molecule has 0 unspecified atom stereocenters. The molecule has 1 aromatic carbocycles. The highest BCUT2D eigenvalue weighted by Gasteiger charge is 2.45. The summed E-state index contributed by atoms with van der Waals surface area (Å²) in [6.45, 7) is -0.422. The molecule has 0 radical (unpaired) electrons. The van der Waals surface area contributed by atoms with Crippen molar-refractivity contribution < 1.29 is 38.0 Å². The lowest BCUT2D eigenvalue weighted by molar-refractivity contribution is -0.183. The van der Waals surface area contributed by atoms with E-state index in [4.69, 9.17) is 4.74 Å². The summed E-state index contributed by atoms with van der Waals surface area (Å²) in [5, 5.41) is 43.7. The minimum atomic E-state index is -1.61. The zero-order chi connectivity index (χ0) is 28.6. The van der Waals surface area contributed by atoms with E-state index in [1.807, 2.05) is 0 Å². The molecule has 1 aliphatic carbocycles. The van der Waals surface area contributed by atoms with Gasteiger partial charge >= 0.3 is 0 Å². The average Bonchev–Trinajstić information content (AvgIpc) is 3.59. The molecule has 1 saturated heterocycles. The van der Waals surface area contributed by atoms with Crippen molar-refractivity contribution in [1.29, 1.82) is 0 Å². The number of amides is 1. The number of carbonyl (C=O) groups is 1. The van der Waals surface area contributed by atoms with Crippen LogP contribution < -0.4 is 0 Å². The Morgan fingerprint density at radius 3 is 2.55 bits per heavy atom. The molecule has 1 saturated carbocycles. The maximum absolute atomic E-state index is 14.0. The Kier molecular flexibility index (Phi) is 8.21. The van der Waals surface area contributed by atoms with Crippen LogP contribution in [-0.4, -0.2) is 88.0 Å². The second kappa shape index (κ2) is 11.6. The van der Waals surface area contributed by atoms with Gasteiger partial charge in [0.25, 0.3) is 5.91 Å². The van der Waals surface area contributed by atoms with Crippen molar-refractivity contribution in [2.24, 2.45) is 7.05 Å². The van der Waals surface area contributed by atoms with Crippen LogP contribution in [0.25, 0.3) is 11.3 Å². The summed E-state index contributed by atoms with van der Waals surface area (Å²) in [5.41, 5.74) is 0.698. The first kappa shape index (κ1) is 28.2. The Labute approximate surface area is 227 Å². The van der Waals surface area contributed by atoms with E-state index >= 15 is 0 Å². The molecule has 2 aromatic heterocycles. The largest absolute Gasteiger partial charge is 0.394 e. The fourth-order valence-electron chi connectivity index (χ4n) is 5.53. The molecule has 3 aromatic rings. The molecule has 1 aliphatic heterocycles. The summed E-state index contributed by atoms with van der Waals surface area (Å²) in [7, 11) is 1.75. The number of aryl methyl sites for hydroxylation is 1. The van der Waals surface area contributed by atoms with E-state index in [1.54, 1.807) is 28.9 Å². The summed E-state index contributed by atoms with van der Waals surface area (Å²) in [4.78, 5) is 15.6. The number of aromatic nitrogens is 5. The number of ether oxygens (including phenoxy) is 1. The highest BCUT2D eigenvalue weighted by atomic mass is 19.2. The topological polar surface area (TPSA) is 139 Å². The number of hydrogen-bond acceptors (Lipinski definition) is 8. The third-order valence-corrected chi connectivity index (χ3v) is 7.79. The van der Waals surface area contributed by atoms with Crippen molar-refractivity contribution in [2.45, 2.75) is 75.1 Å². The molecule has 2 aliphatic rings. The van der Waals surface area contributed by atoms with Crippen LogP contribution in [0.2, 0.25) is 0 Å². The van der Waals surface area contributed by atoms with Gasteiger partial charge < -0.3 is 25.0 Å². The smallest absolute Gasteiger partial charge is 0.252 e. The van der Waals surface area contributed by atoms with E-state index in [0.29, 0.717) is 12.8 Å². The van der Waals surface area contributed by atoms with E-state index in [9.17, 15) is 33.3 Å². The third-order valence-electron chi connectivity index (χ3n) is 7.79. The molecule has 0 spiro atoms. The third kappa shape index (κ3) is 5.48. The first-order valence-corrected chi connectivity index (χ1v) is 13.1. The van der Waals surface area contributed by atoms with Gasteiger partial charge in [-0.25, -0.2) is 17.9 Å². The molecule has 6 atom stereocenters. The van der Waals surface area contributed by atoms with Gasteiger partial charge in [-0.2, -0.15) is 5.10 Å². The predicted molar refractivity (Wildman–Crippen MR) is 133 cm³/mol. The van der Waals surface area contributed by atoms with Gasteiger partial charge in [0.15, 0.2) is 17.5 Å². The zero-order valence-electron chi connectivity index (χ0n) is 21.8. The van der Waals surface area contributed by atoms with Crippen LogP contribution in [-0.2, 0) is 23.1 Å². The number of hydrogen-bond donors (Lipinski definition) is 3. The Balaban J connectivity index is 1.43. The van der Waals surface area contributed by atoms with Crippen molar-refractivity contribution in [3.05, 3.63) is 53.7 Å². The molecule has 14 heteroatoms. The van der Waals surface area contributed by atoms with Gasteiger partial charge in [-0.3, -0.25) is 9.48 Å². The van der Waals surface area contributed by atoms with Gasteiger partial charge in [0, 0.05) is 25.2 Å². The van der Waals surface area contributed by atoms with Crippen molar-refractivity contribution in [1.82, 2.24) is 29.7 Å². The predicted octanol–water partition coefficient (Wildman–Crippen LogP) is 1.48. The fourth-order valence-corrected chi connectivity index (χ4v) is 5.53. The minimum absolute atomic E-state index is 0.0167. The van der Waals surface area contributed by atoms with E-state index in [0.717, 1.165) is 30.7 Å². The number of benzene rings is 1. The molecule has 216 valence electrons. The van der Waals surface area contributed by atoms with Crippen LogP contribution in [0.15, 0.2) is 30.6 Å². The lowest BCUT2D eigenvalue weighted by Crippen LogP contribution is -2.56. The van der Waals surface area contributed by atoms with E-state index in [1.165, 1.54) is 10.9 Å². The molecule has 0 bridgehead atoms. The van der Waals surface area contributed by atoms with Gasteiger partial charge in [0.05, 0.1) is 43.2 Å². The van der Waals surface area contributed by atoms with Crippen LogP contribution >= 0.6 is 0 Å². The van der Waals surface area contributed by atoms with E-state index < -0.39 is 66.5 Å². The average molecular weight is 565 g/mol. The standard InChI is InChI=1S/C26H31F3N6O5/c1-33-15(6-7-30-33)11-34(19-4-2-3-5-21(19)37)26(39)22-10-20(25(38)23(13-36)40-22)35-12-18(31-32-35)14-8-16(27)24(29)17(28)9-14/h6-9,12,19-23,25,36-38H,2-5,10-11,13H2,1H3/t19-,20-,21-,22+,23+,25+/m0/s1. The second-order valence-electron chi connectivity index (χ2n) is 10.3. The molecule has 1 amide bonds. The molecule has 3 heterocycles. The Morgan fingerprint density at radius 2 is 1.90 bits per heavy atom. The van der Waals surface area contributed by atoms with Crippen molar-refractivity contribution in [3.63, 3.8) is 0 Å². The lowest BCUT2D eigenvalue weighted by Gasteiger charge is -2.43. The molecular weight excluding hydrogens is 533 g/mol. The summed E-state index contributed by atoms with van der Waals surface area (Å²) >= 11 is 0. The highest BCUT2D eigenvalue weighted by Crippen LogP contribution is 2.33. The number of halogens is 3. The van der Waals surface area contributed by atoms with Gasteiger partial charge in [-0.1, -0.05) is 18.1 Å². The second-order valence-corrected chi connectivity index (χ2v) is 10.3. The molecular formula is C26H31F3N6O5. The zero-order valence-corrected chi connectivity index (χ0v) is 21.8. The van der Waals surface area contributed by atoms with Crippen LogP contribution in [0.1, 0.15) is 43.8 Å². The first-order valence-electron chi connectivity index (χ1n) is 13.1. The van der Waals surface area contributed by atoms with Crippen LogP contribution in [0, 0.1) is 17.5 Å². The highest BCUT2D eigenvalue weighted by molar-refractivity contribution is 5.81. The van der Waals surface area contributed by atoms with Crippen LogP contribution in [0.3, 0.4) is 0 Å². The number of aliphatic hydroxyl groups is 3. The maximum Gasteiger partial charge on any atom is 0.252 e. The lowest BCUT2D eigenvalue weighted by atomic mass is 9.89. The normalized spacial score (nSPS) is 27.1. The SMILES string of the molecule is Cn1nccc1CN(C(=O)[C@H]1C[C@H](n2cc(-c3cc(F)c(F)c(F)c3)nn2)[C@@H](O)[C@@H](CO)O1)[C@H]1CCCC[C@@H]1O. The van der Waals surface area contributed by atoms with Crippen LogP contribution in [0.5, 0.6) is 0 Å². The molecule has 2 fully saturated rings. The fraction of sp³-hybridized carbons (Fsp3) is 0.538. The van der Waals surface area contributed by atoms with Crippen LogP contribution in [0.4, 0.5) is 13.2 Å². The van der Waals surface area contributed by atoms with Gasteiger partial charge in [-0.05, 0) is 31.0 Å². The minimum Gasteiger partial charge on any atom is -0.394 e. The van der Waals surface area contributed by atoms with Gasteiger partial charge in [-0.15, -0.1) is 5.10 Å². The van der Waals surface area contributed by atoms with Crippen molar-refractivity contribution in [2.75, 3.05) is 6.61 Å². The Bertz CT molecular complexity index is 1330. The number of carbonyl (C=O) groups excluding carboxylic acids is 1. The summed E-state index contributed by atoms with van der Waals surface area (Å²) < 4.78 is 49.7. The van der Waals surface area contributed by atoms with Gasteiger partial charge in [0.2, 0.25) is 0 Å². The number of nitrogens with zero attached hydrogens (tertiary/aromatic N) is 6. The summed E-state index contributed by atoms with van der Waals surface area (Å²) in [6, 6.07) is 1.98.